The third kappa shape index (κ3) is 4.64. The fourth-order valence-electron chi connectivity index (χ4n) is 2.37. The zero-order chi connectivity index (χ0) is 14.8. The molecule has 3 nitrogen and oxygen atoms in total. The van der Waals surface area contributed by atoms with Crippen LogP contribution in [0.2, 0.25) is 0 Å². The second kappa shape index (κ2) is 5.66. The molecule has 1 rings (SSSR count). The van der Waals surface area contributed by atoms with Gasteiger partial charge in [0, 0.05) is 24.3 Å². The first-order valence-electron chi connectivity index (χ1n) is 7.33. The van der Waals surface area contributed by atoms with Crippen LogP contribution in [0.1, 0.15) is 58.5 Å². The minimum absolute atomic E-state index is 0.168. The summed E-state index contributed by atoms with van der Waals surface area (Å²) in [6.45, 7) is 19.7. The third-order valence-corrected chi connectivity index (χ3v) is 3.56. The molecule has 0 spiro atoms. The molecule has 1 heterocycles. The molecule has 3 heteroatoms. The van der Waals surface area contributed by atoms with Gasteiger partial charge >= 0.3 is 0 Å². The minimum Gasteiger partial charge on any atom is -0.311 e. The topological polar surface area (TPSA) is 29.9 Å². The number of aryl methyl sites for hydroxylation is 1. The maximum absolute atomic E-state index is 4.70. The Balaban J connectivity index is 2.78. The standard InChI is InChI=1S/C16H31N3/c1-9-14-12(2)18-19(13(14)3)11-16(7,8)10-17-15(4,5)6/h17H,9-11H2,1-8H3. The Morgan fingerprint density at radius 3 is 2.11 bits per heavy atom. The van der Waals surface area contributed by atoms with E-state index in [0.29, 0.717) is 0 Å². The van der Waals surface area contributed by atoms with E-state index >= 15 is 0 Å². The average molecular weight is 265 g/mol. The highest BCUT2D eigenvalue weighted by Crippen LogP contribution is 2.21. The summed E-state index contributed by atoms with van der Waals surface area (Å²) in [5.41, 5.74) is 4.27. The Bertz CT molecular complexity index is 422. The van der Waals surface area contributed by atoms with Crippen LogP contribution in [0.4, 0.5) is 0 Å². The van der Waals surface area contributed by atoms with Crippen molar-refractivity contribution < 1.29 is 0 Å². The molecule has 0 bridgehead atoms. The molecule has 0 aliphatic carbocycles. The van der Waals surface area contributed by atoms with Crippen LogP contribution in [0.3, 0.4) is 0 Å². The largest absolute Gasteiger partial charge is 0.311 e. The Labute approximate surface area is 118 Å². The summed E-state index contributed by atoms with van der Waals surface area (Å²) in [5, 5.41) is 8.30. The highest BCUT2D eigenvalue weighted by Gasteiger charge is 2.23. The first kappa shape index (κ1) is 16.2. The SMILES string of the molecule is CCc1c(C)nn(CC(C)(C)CNC(C)(C)C)c1C. The fraction of sp³-hybridized carbons (Fsp3) is 0.812. The number of aromatic nitrogens is 2. The molecule has 0 unspecified atom stereocenters. The fourth-order valence-corrected chi connectivity index (χ4v) is 2.37. The molecule has 1 N–H and O–H groups in total. The summed E-state index contributed by atoms with van der Waals surface area (Å²) in [7, 11) is 0. The molecular weight excluding hydrogens is 234 g/mol. The van der Waals surface area contributed by atoms with Crippen molar-refractivity contribution in [2.24, 2.45) is 5.41 Å². The van der Waals surface area contributed by atoms with E-state index < -0.39 is 0 Å². The molecular formula is C16H31N3. The van der Waals surface area contributed by atoms with E-state index in [9.17, 15) is 0 Å². The highest BCUT2D eigenvalue weighted by atomic mass is 15.3. The third-order valence-electron chi connectivity index (χ3n) is 3.56. The van der Waals surface area contributed by atoms with Crippen LogP contribution in [0.5, 0.6) is 0 Å². The van der Waals surface area contributed by atoms with Gasteiger partial charge in [0.2, 0.25) is 0 Å². The predicted octanol–water partition coefficient (Wildman–Crippen LogP) is 3.48. The van der Waals surface area contributed by atoms with E-state index in [1.165, 1.54) is 17.0 Å². The van der Waals surface area contributed by atoms with Crippen LogP contribution in [0.15, 0.2) is 0 Å². The molecule has 0 atom stereocenters. The van der Waals surface area contributed by atoms with Crippen molar-refractivity contribution in [3.63, 3.8) is 0 Å². The first-order chi connectivity index (χ1) is 8.56. The average Bonchev–Trinajstić information content (AvgIpc) is 2.50. The quantitative estimate of drug-likeness (QED) is 0.883. The van der Waals surface area contributed by atoms with Crippen molar-refractivity contribution in [2.45, 2.75) is 73.9 Å². The number of nitrogens with zero attached hydrogens (tertiary/aromatic N) is 2. The van der Waals surface area contributed by atoms with E-state index in [1.54, 1.807) is 0 Å². The smallest absolute Gasteiger partial charge is 0.0628 e. The maximum Gasteiger partial charge on any atom is 0.0628 e. The van der Waals surface area contributed by atoms with E-state index in [4.69, 9.17) is 5.10 Å². The molecule has 0 fully saturated rings. The van der Waals surface area contributed by atoms with Crippen molar-refractivity contribution in [1.29, 1.82) is 0 Å². The summed E-state index contributed by atoms with van der Waals surface area (Å²) in [6.07, 6.45) is 1.07. The molecule has 0 aromatic carbocycles. The maximum atomic E-state index is 4.70. The Kier molecular flexibility index (Phi) is 4.83. The van der Waals surface area contributed by atoms with Gasteiger partial charge in [-0.1, -0.05) is 20.8 Å². The van der Waals surface area contributed by atoms with Gasteiger partial charge in [-0.2, -0.15) is 5.10 Å². The lowest BCUT2D eigenvalue weighted by molar-refractivity contribution is 0.244. The van der Waals surface area contributed by atoms with Crippen molar-refractivity contribution in [1.82, 2.24) is 15.1 Å². The Morgan fingerprint density at radius 2 is 1.68 bits per heavy atom. The summed E-state index contributed by atoms with van der Waals surface area (Å²) in [6, 6.07) is 0. The molecule has 0 radical (unpaired) electrons. The zero-order valence-electron chi connectivity index (χ0n) is 14.0. The van der Waals surface area contributed by atoms with Crippen molar-refractivity contribution in [3.05, 3.63) is 17.0 Å². The van der Waals surface area contributed by atoms with Crippen molar-refractivity contribution >= 4 is 0 Å². The molecule has 0 aliphatic rings. The second-order valence-corrected chi connectivity index (χ2v) is 7.43. The Morgan fingerprint density at radius 1 is 1.11 bits per heavy atom. The zero-order valence-corrected chi connectivity index (χ0v) is 14.0. The summed E-state index contributed by atoms with van der Waals surface area (Å²) < 4.78 is 2.18. The van der Waals surface area contributed by atoms with Gasteiger partial charge in [-0.3, -0.25) is 4.68 Å². The molecule has 0 aliphatic heterocycles. The highest BCUT2D eigenvalue weighted by molar-refractivity contribution is 5.24. The van der Waals surface area contributed by atoms with Crippen molar-refractivity contribution in [2.75, 3.05) is 6.54 Å². The van der Waals surface area contributed by atoms with E-state index in [1.807, 2.05) is 0 Å². The number of hydrogen-bond donors (Lipinski definition) is 1. The van der Waals surface area contributed by atoms with Crippen LogP contribution in [-0.2, 0) is 13.0 Å². The van der Waals surface area contributed by atoms with E-state index in [0.717, 1.165) is 19.5 Å². The molecule has 0 saturated heterocycles. The normalized spacial score (nSPS) is 13.1. The Hall–Kier alpha value is -0.830. The molecule has 110 valence electrons. The molecule has 0 amide bonds. The summed E-state index contributed by atoms with van der Waals surface area (Å²) in [5.74, 6) is 0. The monoisotopic (exact) mass is 265 g/mol. The first-order valence-corrected chi connectivity index (χ1v) is 7.33. The lowest BCUT2D eigenvalue weighted by Crippen LogP contribution is -2.43. The number of rotatable bonds is 5. The van der Waals surface area contributed by atoms with Gasteiger partial charge in [-0.25, -0.2) is 0 Å². The van der Waals surface area contributed by atoms with Gasteiger partial charge in [0.05, 0.1) is 5.69 Å². The van der Waals surface area contributed by atoms with Gasteiger partial charge in [0.15, 0.2) is 0 Å². The molecule has 0 saturated carbocycles. The summed E-state index contributed by atoms with van der Waals surface area (Å²) in [4.78, 5) is 0. The van der Waals surface area contributed by atoms with Gasteiger partial charge in [0.25, 0.3) is 0 Å². The van der Waals surface area contributed by atoms with Crippen LogP contribution in [0, 0.1) is 19.3 Å². The van der Waals surface area contributed by atoms with Gasteiger partial charge in [-0.05, 0) is 52.0 Å². The lowest BCUT2D eigenvalue weighted by atomic mass is 9.92. The van der Waals surface area contributed by atoms with Gasteiger partial charge < -0.3 is 5.32 Å². The van der Waals surface area contributed by atoms with Crippen LogP contribution < -0.4 is 5.32 Å². The lowest BCUT2D eigenvalue weighted by Gasteiger charge is -2.30. The predicted molar refractivity (Wildman–Crippen MR) is 82.6 cm³/mol. The van der Waals surface area contributed by atoms with Crippen LogP contribution in [0.25, 0.3) is 0 Å². The van der Waals surface area contributed by atoms with Crippen LogP contribution in [-0.4, -0.2) is 21.9 Å². The van der Waals surface area contributed by atoms with E-state index in [-0.39, 0.29) is 11.0 Å². The van der Waals surface area contributed by atoms with E-state index in [2.05, 4.69) is 65.4 Å². The van der Waals surface area contributed by atoms with Crippen molar-refractivity contribution in [3.8, 4) is 0 Å². The second-order valence-electron chi connectivity index (χ2n) is 7.43. The minimum atomic E-state index is 0.168. The molecule has 19 heavy (non-hydrogen) atoms. The summed E-state index contributed by atoms with van der Waals surface area (Å²) >= 11 is 0. The van der Waals surface area contributed by atoms with Gasteiger partial charge in [-0.15, -0.1) is 0 Å². The number of hydrogen-bond acceptors (Lipinski definition) is 2. The van der Waals surface area contributed by atoms with Crippen LogP contribution >= 0.6 is 0 Å². The number of nitrogens with one attached hydrogen (secondary N) is 1. The van der Waals surface area contributed by atoms with Gasteiger partial charge in [0.1, 0.15) is 0 Å². The molecule has 1 aromatic rings. The molecule has 1 aromatic heterocycles.